The third-order valence-electron chi connectivity index (χ3n) is 3.28. The smallest absolute Gasteiger partial charge is 0.424 e. The van der Waals surface area contributed by atoms with E-state index in [1.807, 2.05) is 0 Å². The SMILES string of the molecule is CC(CN(C(=O)OC(C)(C)C)S(=O)(=O)c1cccc(S(C)(=O)=O)c1)C(=O)O. The first-order chi connectivity index (χ1) is 12.1. The molecule has 0 fully saturated rings. The molecular formula is C16H23NO8S2. The normalized spacial score (nSPS) is 13.7. The van der Waals surface area contributed by atoms with Gasteiger partial charge in [-0.3, -0.25) is 4.79 Å². The minimum Gasteiger partial charge on any atom is -0.481 e. The number of amides is 1. The Morgan fingerprint density at radius 1 is 1.15 bits per heavy atom. The molecule has 0 aliphatic carbocycles. The molecule has 0 saturated carbocycles. The van der Waals surface area contributed by atoms with E-state index in [-0.39, 0.29) is 4.90 Å². The summed E-state index contributed by atoms with van der Waals surface area (Å²) in [6, 6.07) is 4.46. The van der Waals surface area contributed by atoms with E-state index in [1.165, 1.54) is 39.8 Å². The van der Waals surface area contributed by atoms with E-state index >= 15 is 0 Å². The fourth-order valence-electron chi connectivity index (χ4n) is 1.90. The van der Waals surface area contributed by atoms with Crippen molar-refractivity contribution in [3.8, 4) is 0 Å². The number of sulfone groups is 1. The van der Waals surface area contributed by atoms with Gasteiger partial charge in [-0.15, -0.1) is 0 Å². The van der Waals surface area contributed by atoms with Crippen molar-refractivity contribution in [2.45, 2.75) is 43.1 Å². The second-order valence-corrected chi connectivity index (χ2v) is 10.9. The van der Waals surface area contributed by atoms with Crippen molar-refractivity contribution in [2.24, 2.45) is 5.92 Å². The van der Waals surface area contributed by atoms with Crippen molar-refractivity contribution >= 4 is 31.9 Å². The van der Waals surface area contributed by atoms with Crippen LogP contribution < -0.4 is 0 Å². The molecule has 1 amide bonds. The predicted octanol–water partition coefficient (Wildman–Crippen LogP) is 1.74. The van der Waals surface area contributed by atoms with Gasteiger partial charge in [0.05, 0.1) is 22.3 Å². The van der Waals surface area contributed by atoms with Crippen molar-refractivity contribution in [1.29, 1.82) is 0 Å². The van der Waals surface area contributed by atoms with Gasteiger partial charge < -0.3 is 9.84 Å². The van der Waals surface area contributed by atoms with E-state index in [4.69, 9.17) is 9.84 Å². The highest BCUT2D eigenvalue weighted by molar-refractivity contribution is 7.91. The highest BCUT2D eigenvalue weighted by Gasteiger charge is 2.35. The van der Waals surface area contributed by atoms with Gasteiger partial charge >= 0.3 is 12.1 Å². The summed E-state index contributed by atoms with van der Waals surface area (Å²) in [5, 5.41) is 9.08. The molecule has 1 rings (SSSR count). The largest absolute Gasteiger partial charge is 0.481 e. The Kier molecular flexibility index (Phi) is 6.66. The maximum absolute atomic E-state index is 12.9. The lowest BCUT2D eigenvalue weighted by atomic mass is 10.2. The summed E-state index contributed by atoms with van der Waals surface area (Å²) in [7, 11) is -8.24. The monoisotopic (exact) mass is 421 g/mol. The summed E-state index contributed by atoms with van der Waals surface area (Å²) in [5.74, 6) is -2.51. The second-order valence-electron chi connectivity index (χ2n) is 7.00. The van der Waals surface area contributed by atoms with Crippen molar-refractivity contribution < 1.29 is 36.3 Å². The number of sulfonamides is 1. The molecule has 0 spiro atoms. The molecule has 0 heterocycles. The number of rotatable bonds is 6. The van der Waals surface area contributed by atoms with E-state index in [0.29, 0.717) is 4.31 Å². The molecule has 11 heteroatoms. The highest BCUT2D eigenvalue weighted by atomic mass is 32.2. The molecular weight excluding hydrogens is 398 g/mol. The standard InChI is InChI=1S/C16H23NO8S2/c1-11(14(18)19)10-17(15(20)25-16(2,3)4)27(23,24)13-8-6-7-12(9-13)26(5,21)22/h6-9,11H,10H2,1-5H3,(H,18,19). The van der Waals surface area contributed by atoms with E-state index in [0.717, 1.165) is 18.4 Å². The third-order valence-corrected chi connectivity index (χ3v) is 6.12. The highest BCUT2D eigenvalue weighted by Crippen LogP contribution is 2.23. The van der Waals surface area contributed by atoms with Crippen molar-refractivity contribution in [1.82, 2.24) is 4.31 Å². The zero-order chi connectivity index (χ0) is 21.2. The van der Waals surface area contributed by atoms with Crippen LogP contribution in [0.2, 0.25) is 0 Å². The summed E-state index contributed by atoms with van der Waals surface area (Å²) in [5.41, 5.74) is -1.02. The van der Waals surface area contributed by atoms with Gasteiger partial charge in [-0.2, -0.15) is 4.31 Å². The summed E-state index contributed by atoms with van der Waals surface area (Å²) in [6.07, 6.45) is -0.336. The van der Waals surface area contributed by atoms with Crippen LogP contribution in [0.5, 0.6) is 0 Å². The molecule has 0 saturated heterocycles. The Morgan fingerprint density at radius 3 is 2.11 bits per heavy atom. The zero-order valence-electron chi connectivity index (χ0n) is 15.7. The second kappa shape index (κ2) is 7.85. The fourth-order valence-corrected chi connectivity index (χ4v) is 4.08. The van der Waals surface area contributed by atoms with Crippen LogP contribution in [0.1, 0.15) is 27.7 Å². The average Bonchev–Trinajstić information content (AvgIpc) is 2.49. The molecule has 152 valence electrons. The van der Waals surface area contributed by atoms with Gasteiger partial charge in [-0.05, 0) is 39.0 Å². The number of benzene rings is 1. The molecule has 1 unspecified atom stereocenters. The lowest BCUT2D eigenvalue weighted by Gasteiger charge is -2.28. The molecule has 1 N–H and O–H groups in total. The number of nitrogens with zero attached hydrogens (tertiary/aromatic N) is 1. The molecule has 1 aromatic carbocycles. The summed E-state index contributed by atoms with van der Waals surface area (Å²) < 4.78 is 54.6. The quantitative estimate of drug-likeness (QED) is 0.734. The first-order valence-corrected chi connectivity index (χ1v) is 11.2. The molecule has 1 aromatic rings. The Labute approximate surface area is 158 Å². The van der Waals surface area contributed by atoms with Gasteiger partial charge in [0, 0.05) is 6.26 Å². The lowest BCUT2D eigenvalue weighted by Crippen LogP contribution is -2.44. The Hall–Kier alpha value is -2.14. The topological polar surface area (TPSA) is 135 Å². The Bertz CT molecular complexity index is 929. The Balaban J connectivity index is 3.46. The minimum absolute atomic E-state index is 0.251. The minimum atomic E-state index is -4.55. The van der Waals surface area contributed by atoms with Crippen LogP contribution in [-0.2, 0) is 29.4 Å². The predicted molar refractivity (Wildman–Crippen MR) is 96.5 cm³/mol. The average molecular weight is 421 g/mol. The molecule has 0 aliphatic rings. The van der Waals surface area contributed by atoms with Gasteiger partial charge in [0.25, 0.3) is 10.0 Å². The molecule has 0 aromatic heterocycles. The first-order valence-electron chi connectivity index (χ1n) is 7.84. The number of carbonyl (C=O) groups is 2. The van der Waals surface area contributed by atoms with Gasteiger partial charge in [0.1, 0.15) is 5.60 Å². The van der Waals surface area contributed by atoms with Gasteiger partial charge in [0.2, 0.25) is 0 Å². The fraction of sp³-hybridized carbons (Fsp3) is 0.500. The molecule has 9 nitrogen and oxygen atoms in total. The molecule has 0 bridgehead atoms. The Morgan fingerprint density at radius 2 is 1.67 bits per heavy atom. The van der Waals surface area contributed by atoms with Gasteiger partial charge in [-0.1, -0.05) is 13.0 Å². The van der Waals surface area contributed by atoms with E-state index in [1.54, 1.807) is 0 Å². The van der Waals surface area contributed by atoms with Crippen LogP contribution in [0.25, 0.3) is 0 Å². The van der Waals surface area contributed by atoms with Crippen LogP contribution in [0, 0.1) is 5.92 Å². The molecule has 0 aliphatic heterocycles. The van der Waals surface area contributed by atoms with E-state index < -0.39 is 54.9 Å². The summed E-state index contributed by atoms with van der Waals surface area (Å²) >= 11 is 0. The van der Waals surface area contributed by atoms with Crippen LogP contribution >= 0.6 is 0 Å². The van der Waals surface area contributed by atoms with Crippen molar-refractivity contribution in [3.63, 3.8) is 0 Å². The van der Waals surface area contributed by atoms with Crippen LogP contribution in [0.3, 0.4) is 0 Å². The maximum Gasteiger partial charge on any atom is 0.424 e. The van der Waals surface area contributed by atoms with Crippen LogP contribution in [0.4, 0.5) is 4.79 Å². The van der Waals surface area contributed by atoms with E-state index in [9.17, 15) is 26.4 Å². The molecule has 1 atom stereocenters. The number of hydrogen-bond donors (Lipinski definition) is 1. The maximum atomic E-state index is 12.9. The summed E-state index contributed by atoms with van der Waals surface area (Å²) in [6.45, 7) is 5.15. The van der Waals surface area contributed by atoms with E-state index in [2.05, 4.69) is 0 Å². The zero-order valence-corrected chi connectivity index (χ0v) is 17.3. The molecule has 27 heavy (non-hydrogen) atoms. The summed E-state index contributed by atoms with van der Waals surface area (Å²) in [4.78, 5) is 22.9. The van der Waals surface area contributed by atoms with Gasteiger partial charge in [-0.25, -0.2) is 21.6 Å². The number of carbonyl (C=O) groups excluding carboxylic acids is 1. The van der Waals surface area contributed by atoms with Crippen molar-refractivity contribution in [2.75, 3.05) is 12.8 Å². The third kappa shape index (κ3) is 6.21. The number of carboxylic acids is 1. The number of carboxylic acid groups (broad SMARTS) is 1. The number of aliphatic carboxylic acids is 1. The van der Waals surface area contributed by atoms with Gasteiger partial charge in [0.15, 0.2) is 9.84 Å². The lowest BCUT2D eigenvalue weighted by molar-refractivity contribution is -0.141. The van der Waals surface area contributed by atoms with Crippen LogP contribution in [-0.4, -0.2) is 56.7 Å². The number of hydrogen-bond acceptors (Lipinski definition) is 7. The number of ether oxygens (including phenoxy) is 1. The first kappa shape index (κ1) is 22.9. The van der Waals surface area contributed by atoms with Crippen LogP contribution in [0.15, 0.2) is 34.1 Å². The molecule has 0 radical (unpaired) electrons. The van der Waals surface area contributed by atoms with Crippen molar-refractivity contribution in [3.05, 3.63) is 24.3 Å².